The number of hydrogen-bond donors (Lipinski definition) is 0. The zero-order chi connectivity index (χ0) is 15.2. The van der Waals surface area contributed by atoms with Crippen molar-refractivity contribution in [2.24, 2.45) is 9.98 Å². The third-order valence-corrected chi connectivity index (χ3v) is 3.35. The predicted octanol–water partition coefficient (Wildman–Crippen LogP) is 5.24. The van der Waals surface area contributed by atoms with Gasteiger partial charge in [-0.05, 0) is 43.3 Å². The van der Waals surface area contributed by atoms with E-state index < -0.39 is 0 Å². The quantitative estimate of drug-likeness (QED) is 0.709. The largest absolute Gasteiger partial charge is 0.497 e. The highest BCUT2D eigenvalue weighted by Gasteiger charge is 2.04. The molecule has 0 saturated heterocycles. The van der Waals surface area contributed by atoms with Crippen LogP contribution in [-0.2, 0) is 0 Å². The summed E-state index contributed by atoms with van der Waals surface area (Å²) in [6.45, 7) is 2.01. The molecular weight excluding hydrogens is 307 g/mol. The van der Waals surface area contributed by atoms with E-state index in [2.05, 4.69) is 9.98 Å². The fourth-order valence-electron chi connectivity index (χ4n) is 1.60. The van der Waals surface area contributed by atoms with Crippen molar-refractivity contribution in [3.05, 3.63) is 54.1 Å². The van der Waals surface area contributed by atoms with Crippen molar-refractivity contribution in [1.29, 1.82) is 0 Å². The molecule has 0 amide bonds. The van der Waals surface area contributed by atoms with Crippen molar-refractivity contribution in [3.8, 4) is 5.75 Å². The minimum atomic E-state index is 0.141. The summed E-state index contributed by atoms with van der Waals surface area (Å²) in [5.41, 5.74) is 2.56. The number of nitrogens with zero attached hydrogens (tertiary/aromatic N) is 2. The number of benzene rings is 2. The molecule has 0 bridgehead atoms. The Labute approximate surface area is 133 Å². The van der Waals surface area contributed by atoms with Crippen molar-refractivity contribution in [3.63, 3.8) is 0 Å². The van der Waals surface area contributed by atoms with Crippen molar-refractivity contribution >= 4 is 44.9 Å². The maximum absolute atomic E-state index is 6.08. The summed E-state index contributed by atoms with van der Waals surface area (Å²) in [5, 5.41) is 0.291. The number of rotatable bonds is 4. The number of halogens is 2. The Hall–Kier alpha value is -1.84. The van der Waals surface area contributed by atoms with Crippen LogP contribution in [0.15, 0.2) is 58.5 Å². The molecule has 2 aromatic carbocycles. The molecule has 2 rings (SSSR count). The zero-order valence-corrected chi connectivity index (χ0v) is 13.2. The van der Waals surface area contributed by atoms with E-state index in [1.54, 1.807) is 31.4 Å². The zero-order valence-electron chi connectivity index (χ0n) is 11.7. The lowest BCUT2D eigenvalue weighted by molar-refractivity contribution is 0.415. The average Bonchev–Trinajstić information content (AvgIpc) is 2.50. The van der Waals surface area contributed by atoms with Crippen molar-refractivity contribution in [1.82, 2.24) is 0 Å². The van der Waals surface area contributed by atoms with E-state index in [9.17, 15) is 0 Å². The van der Waals surface area contributed by atoms with Crippen LogP contribution in [0.2, 0.25) is 0 Å². The Kier molecular flexibility index (Phi) is 5.37. The summed E-state index contributed by atoms with van der Waals surface area (Å²) < 4.78 is 5.08. The standard InChI is InChI=1S/C16H14Cl2N2O/c1-11-3-5-12(6-4-11)19-15(17)16(18)20-13-7-9-14(21-2)10-8-13/h3-10H,1-2H3. The molecule has 0 spiro atoms. The van der Waals surface area contributed by atoms with Gasteiger partial charge in [-0.3, -0.25) is 0 Å². The molecule has 0 unspecified atom stereocenters. The van der Waals surface area contributed by atoms with Crippen LogP contribution in [0, 0.1) is 6.92 Å². The van der Waals surface area contributed by atoms with Gasteiger partial charge in [0.15, 0.2) is 10.3 Å². The molecule has 0 fully saturated rings. The van der Waals surface area contributed by atoms with E-state index in [1.165, 1.54) is 0 Å². The Morgan fingerprint density at radius 3 is 1.67 bits per heavy atom. The van der Waals surface area contributed by atoms with Gasteiger partial charge in [0.05, 0.1) is 18.5 Å². The summed E-state index contributed by atoms with van der Waals surface area (Å²) in [6, 6.07) is 14.8. The first-order valence-corrected chi connectivity index (χ1v) is 7.03. The van der Waals surface area contributed by atoms with Crippen molar-refractivity contribution < 1.29 is 4.74 Å². The minimum absolute atomic E-state index is 0.141. The summed E-state index contributed by atoms with van der Waals surface area (Å²) in [5.74, 6) is 0.754. The first-order chi connectivity index (χ1) is 10.1. The van der Waals surface area contributed by atoms with Crippen LogP contribution in [0.4, 0.5) is 11.4 Å². The fourth-order valence-corrected chi connectivity index (χ4v) is 1.87. The SMILES string of the molecule is COc1ccc(N=C(Cl)C(Cl)=Nc2ccc(C)cc2)cc1. The average molecular weight is 321 g/mol. The summed E-state index contributed by atoms with van der Waals surface area (Å²) in [6.07, 6.45) is 0. The van der Waals surface area contributed by atoms with E-state index in [1.807, 2.05) is 31.2 Å². The van der Waals surface area contributed by atoms with Gasteiger partial charge in [0.2, 0.25) is 0 Å². The van der Waals surface area contributed by atoms with Gasteiger partial charge in [0, 0.05) is 0 Å². The van der Waals surface area contributed by atoms with E-state index in [-0.39, 0.29) is 10.3 Å². The minimum Gasteiger partial charge on any atom is -0.497 e. The Morgan fingerprint density at radius 1 is 0.810 bits per heavy atom. The second kappa shape index (κ2) is 7.25. The molecule has 21 heavy (non-hydrogen) atoms. The van der Waals surface area contributed by atoms with Crippen LogP contribution in [0.3, 0.4) is 0 Å². The molecular formula is C16H14Cl2N2O. The van der Waals surface area contributed by atoms with Gasteiger partial charge in [0.1, 0.15) is 5.75 Å². The predicted molar refractivity (Wildman–Crippen MR) is 90.1 cm³/mol. The number of hydrogen-bond acceptors (Lipinski definition) is 3. The van der Waals surface area contributed by atoms with Gasteiger partial charge in [-0.2, -0.15) is 0 Å². The highest BCUT2D eigenvalue weighted by Crippen LogP contribution is 2.20. The summed E-state index contributed by atoms with van der Waals surface area (Å²) in [7, 11) is 1.61. The van der Waals surface area contributed by atoms with Gasteiger partial charge in [0.25, 0.3) is 0 Å². The number of ether oxygens (including phenoxy) is 1. The highest BCUT2D eigenvalue weighted by molar-refractivity contribution is 7.00. The lowest BCUT2D eigenvalue weighted by Gasteiger charge is -2.00. The van der Waals surface area contributed by atoms with Gasteiger partial charge < -0.3 is 4.74 Å². The summed E-state index contributed by atoms with van der Waals surface area (Å²) in [4.78, 5) is 8.44. The normalized spacial score (nSPS) is 12.4. The Bertz CT molecular complexity index is 662. The monoisotopic (exact) mass is 320 g/mol. The first kappa shape index (κ1) is 15.5. The lowest BCUT2D eigenvalue weighted by Crippen LogP contribution is -1.98. The van der Waals surface area contributed by atoms with Crippen LogP contribution in [0.1, 0.15) is 5.56 Å². The second-order valence-electron chi connectivity index (χ2n) is 4.34. The van der Waals surface area contributed by atoms with Crippen LogP contribution in [0.5, 0.6) is 5.75 Å². The fraction of sp³-hybridized carbons (Fsp3) is 0.125. The third-order valence-electron chi connectivity index (χ3n) is 2.73. The molecule has 0 aromatic heterocycles. The Balaban J connectivity index is 2.18. The van der Waals surface area contributed by atoms with Crippen molar-refractivity contribution in [2.75, 3.05) is 7.11 Å². The van der Waals surface area contributed by atoms with Crippen LogP contribution < -0.4 is 4.74 Å². The molecule has 0 saturated carbocycles. The Morgan fingerprint density at radius 2 is 1.24 bits per heavy atom. The maximum atomic E-state index is 6.08. The number of aliphatic imine (C=N–C) groups is 2. The second-order valence-corrected chi connectivity index (χ2v) is 5.05. The molecule has 0 radical (unpaired) electrons. The van der Waals surface area contributed by atoms with Crippen LogP contribution in [-0.4, -0.2) is 17.5 Å². The maximum Gasteiger partial charge on any atom is 0.166 e. The van der Waals surface area contributed by atoms with Gasteiger partial charge >= 0.3 is 0 Å². The molecule has 0 heterocycles. The molecule has 0 aliphatic rings. The third kappa shape index (κ3) is 4.59. The number of aryl methyl sites for hydroxylation is 1. The molecule has 0 aliphatic carbocycles. The molecule has 5 heteroatoms. The van der Waals surface area contributed by atoms with E-state index >= 15 is 0 Å². The molecule has 0 N–H and O–H groups in total. The lowest BCUT2D eigenvalue weighted by atomic mass is 10.2. The first-order valence-electron chi connectivity index (χ1n) is 6.28. The van der Waals surface area contributed by atoms with Crippen molar-refractivity contribution in [2.45, 2.75) is 6.92 Å². The van der Waals surface area contributed by atoms with Crippen LogP contribution >= 0.6 is 23.2 Å². The van der Waals surface area contributed by atoms with Crippen LogP contribution in [0.25, 0.3) is 0 Å². The highest BCUT2D eigenvalue weighted by atomic mass is 35.5. The molecule has 108 valence electrons. The van der Waals surface area contributed by atoms with Gasteiger partial charge in [-0.1, -0.05) is 40.9 Å². The van der Waals surface area contributed by atoms with Gasteiger partial charge in [-0.25, -0.2) is 9.98 Å². The smallest absolute Gasteiger partial charge is 0.166 e. The van der Waals surface area contributed by atoms with E-state index in [4.69, 9.17) is 27.9 Å². The number of methoxy groups -OCH3 is 1. The molecule has 2 aromatic rings. The molecule has 0 atom stereocenters. The topological polar surface area (TPSA) is 34.0 Å². The molecule has 0 aliphatic heterocycles. The summed E-state index contributed by atoms with van der Waals surface area (Å²) >= 11 is 12.2. The van der Waals surface area contributed by atoms with E-state index in [0.717, 1.165) is 17.0 Å². The van der Waals surface area contributed by atoms with E-state index in [0.29, 0.717) is 5.69 Å². The molecule has 3 nitrogen and oxygen atoms in total. The van der Waals surface area contributed by atoms with Gasteiger partial charge in [-0.15, -0.1) is 0 Å².